The molecule has 0 amide bonds. The molecule has 4 rings (SSSR count). The first-order valence-corrected chi connectivity index (χ1v) is 13.0. The summed E-state index contributed by atoms with van der Waals surface area (Å²) in [6.07, 6.45) is 0. The van der Waals surface area contributed by atoms with Crippen LogP contribution in [0.4, 0.5) is 0 Å². The van der Waals surface area contributed by atoms with Gasteiger partial charge in [0.05, 0.1) is 5.02 Å². The van der Waals surface area contributed by atoms with Crippen LogP contribution in [0.1, 0.15) is 26.9 Å². The van der Waals surface area contributed by atoms with Crippen molar-refractivity contribution in [2.75, 3.05) is 5.75 Å². The maximum atomic E-state index is 13.5. The summed E-state index contributed by atoms with van der Waals surface area (Å²) in [5.74, 6) is -1.74. The molecule has 0 bridgehead atoms. The Morgan fingerprint density at radius 3 is 1.85 bits per heavy atom. The van der Waals surface area contributed by atoms with Gasteiger partial charge in [-0.2, -0.15) is 0 Å². The number of hydrogen-bond acceptors (Lipinski definition) is 5. The molecule has 174 valence electrons. The number of rotatable bonds is 7. The molecular weight excluding hydrogens is 540 g/mol. The van der Waals surface area contributed by atoms with Gasteiger partial charge >= 0.3 is 0 Å². The zero-order valence-electron chi connectivity index (χ0n) is 17.2. The minimum absolute atomic E-state index is 0.199. The van der Waals surface area contributed by atoms with Gasteiger partial charge < -0.3 is 4.52 Å². The van der Waals surface area contributed by atoms with E-state index in [0.717, 1.165) is 0 Å². The number of benzene rings is 3. The largest absolute Gasteiger partial charge is 0.352 e. The summed E-state index contributed by atoms with van der Waals surface area (Å²) in [4.78, 5) is 12.9. The lowest BCUT2D eigenvalue weighted by atomic mass is 10.0. The number of hydrogen-bond donors (Lipinski definition) is 0. The molecule has 0 atom stereocenters. The number of sulfone groups is 1. The average Bonchev–Trinajstić information content (AvgIpc) is 3.26. The summed E-state index contributed by atoms with van der Waals surface area (Å²) >= 11 is 24.1. The molecule has 0 fully saturated rings. The lowest BCUT2D eigenvalue weighted by Gasteiger charge is -2.18. The van der Waals surface area contributed by atoms with E-state index in [4.69, 9.17) is 50.9 Å². The molecule has 4 aromatic rings. The third kappa shape index (κ3) is 5.48. The SMILES string of the molecule is O=C(CS(=O)(=O)C(c1ccc(Cl)cc1)c1ccc(Cl)cc1)c1cc(-c2ccc(Cl)cc2Cl)no1. The van der Waals surface area contributed by atoms with Crippen LogP contribution in [0, 0.1) is 0 Å². The molecule has 5 nitrogen and oxygen atoms in total. The van der Waals surface area contributed by atoms with E-state index in [1.54, 1.807) is 60.7 Å². The Hall–Kier alpha value is -2.35. The smallest absolute Gasteiger partial charge is 0.215 e. The van der Waals surface area contributed by atoms with Gasteiger partial charge in [0.2, 0.25) is 11.5 Å². The first-order valence-electron chi connectivity index (χ1n) is 9.82. The normalized spacial score (nSPS) is 11.7. The predicted octanol–water partition coefficient (Wildman–Crippen LogP) is 7.34. The fourth-order valence-electron chi connectivity index (χ4n) is 3.45. The van der Waals surface area contributed by atoms with Crippen LogP contribution < -0.4 is 0 Å². The van der Waals surface area contributed by atoms with E-state index in [0.29, 0.717) is 36.8 Å². The van der Waals surface area contributed by atoms with Crippen LogP contribution in [0.2, 0.25) is 20.1 Å². The lowest BCUT2D eigenvalue weighted by Crippen LogP contribution is -2.23. The Labute approximate surface area is 216 Å². The van der Waals surface area contributed by atoms with Gasteiger partial charge in [-0.05, 0) is 53.6 Å². The Morgan fingerprint density at radius 2 is 1.32 bits per heavy atom. The quantitative estimate of drug-likeness (QED) is 0.223. The maximum Gasteiger partial charge on any atom is 0.215 e. The third-order valence-corrected chi connectivity index (χ3v) is 8.01. The monoisotopic (exact) mass is 553 g/mol. The summed E-state index contributed by atoms with van der Waals surface area (Å²) in [7, 11) is -4.04. The van der Waals surface area contributed by atoms with Crippen molar-refractivity contribution in [3.63, 3.8) is 0 Å². The highest BCUT2D eigenvalue weighted by Gasteiger charge is 2.33. The molecule has 0 saturated heterocycles. The van der Waals surface area contributed by atoms with E-state index < -0.39 is 26.6 Å². The average molecular weight is 555 g/mol. The van der Waals surface area contributed by atoms with Crippen molar-refractivity contribution in [2.45, 2.75) is 5.25 Å². The van der Waals surface area contributed by atoms with Crippen LogP contribution in [-0.4, -0.2) is 25.1 Å². The number of aromatic nitrogens is 1. The maximum absolute atomic E-state index is 13.5. The van der Waals surface area contributed by atoms with Crippen molar-refractivity contribution in [3.8, 4) is 11.3 Å². The molecule has 0 spiro atoms. The number of halogens is 4. The van der Waals surface area contributed by atoms with Crippen molar-refractivity contribution < 1.29 is 17.7 Å². The lowest BCUT2D eigenvalue weighted by molar-refractivity contribution is 0.0981. The number of nitrogens with zero attached hydrogens (tertiary/aromatic N) is 1. The zero-order chi connectivity index (χ0) is 24.5. The zero-order valence-corrected chi connectivity index (χ0v) is 21.1. The van der Waals surface area contributed by atoms with Crippen molar-refractivity contribution in [3.05, 3.63) is 110 Å². The predicted molar refractivity (Wildman–Crippen MR) is 135 cm³/mol. The second-order valence-electron chi connectivity index (χ2n) is 7.41. The van der Waals surface area contributed by atoms with Gasteiger partial charge in [-0.1, -0.05) is 75.8 Å². The summed E-state index contributed by atoms with van der Waals surface area (Å²) in [6, 6.07) is 18.9. The van der Waals surface area contributed by atoms with Crippen LogP contribution in [0.3, 0.4) is 0 Å². The third-order valence-electron chi connectivity index (χ3n) is 5.03. The van der Waals surface area contributed by atoms with Crippen molar-refractivity contribution in [1.29, 1.82) is 0 Å². The standard InChI is InChI=1S/C24H15Cl4NO4S/c25-16-5-1-14(2-6-16)24(15-3-7-17(26)8-4-15)34(31,32)13-22(30)23-12-21(29-33-23)19-10-9-18(27)11-20(19)28/h1-12,24H,13H2. The number of carbonyl (C=O) groups is 1. The second-order valence-corrected chi connectivity index (χ2v) is 11.2. The van der Waals surface area contributed by atoms with Gasteiger partial charge in [0.25, 0.3) is 0 Å². The van der Waals surface area contributed by atoms with Crippen molar-refractivity contribution in [2.24, 2.45) is 0 Å². The van der Waals surface area contributed by atoms with Crippen LogP contribution in [-0.2, 0) is 9.84 Å². The molecule has 0 unspecified atom stereocenters. The molecule has 1 heterocycles. The second kappa shape index (κ2) is 10.1. The summed E-state index contributed by atoms with van der Waals surface area (Å²) in [5, 5.41) is 4.43. The van der Waals surface area contributed by atoms with Crippen LogP contribution in [0.25, 0.3) is 11.3 Å². The fourth-order valence-corrected chi connectivity index (χ4v) is 6.03. The molecule has 0 aliphatic carbocycles. The molecule has 0 aliphatic rings. The Balaban J connectivity index is 1.65. The number of Topliss-reactive ketones (excluding diaryl/α,β-unsaturated/α-hetero) is 1. The van der Waals surface area contributed by atoms with Crippen LogP contribution in [0.5, 0.6) is 0 Å². The van der Waals surface area contributed by atoms with Gasteiger partial charge in [0, 0.05) is 26.7 Å². The Kier molecular flexibility index (Phi) is 7.36. The molecule has 0 N–H and O–H groups in total. The van der Waals surface area contributed by atoms with Gasteiger partial charge in [-0.15, -0.1) is 0 Å². The van der Waals surface area contributed by atoms with Gasteiger partial charge in [0.1, 0.15) is 16.7 Å². The summed E-state index contributed by atoms with van der Waals surface area (Å²) < 4.78 is 32.1. The number of carbonyl (C=O) groups excluding carboxylic acids is 1. The molecular formula is C24H15Cl4NO4S. The molecule has 0 radical (unpaired) electrons. The van der Waals surface area contributed by atoms with Crippen LogP contribution >= 0.6 is 46.4 Å². The van der Waals surface area contributed by atoms with E-state index in [1.165, 1.54) is 12.1 Å². The van der Waals surface area contributed by atoms with Crippen molar-refractivity contribution in [1.82, 2.24) is 5.16 Å². The van der Waals surface area contributed by atoms with Crippen LogP contribution in [0.15, 0.2) is 77.3 Å². The fraction of sp³-hybridized carbons (Fsp3) is 0.0833. The first-order chi connectivity index (χ1) is 16.1. The van der Waals surface area contributed by atoms with E-state index in [2.05, 4.69) is 5.16 Å². The summed E-state index contributed by atoms with van der Waals surface area (Å²) in [6.45, 7) is 0. The molecule has 0 saturated carbocycles. The van der Waals surface area contributed by atoms with E-state index in [9.17, 15) is 13.2 Å². The highest BCUT2D eigenvalue weighted by Crippen LogP contribution is 2.34. The molecule has 1 aromatic heterocycles. The highest BCUT2D eigenvalue weighted by atomic mass is 35.5. The minimum Gasteiger partial charge on any atom is -0.352 e. The van der Waals surface area contributed by atoms with Gasteiger partial charge in [-0.3, -0.25) is 4.79 Å². The van der Waals surface area contributed by atoms with E-state index in [-0.39, 0.29) is 11.5 Å². The minimum atomic E-state index is -4.04. The highest BCUT2D eigenvalue weighted by molar-refractivity contribution is 7.92. The topological polar surface area (TPSA) is 77.2 Å². The molecule has 0 aliphatic heterocycles. The van der Waals surface area contributed by atoms with Crippen molar-refractivity contribution >= 4 is 62.0 Å². The Bertz CT molecular complexity index is 1400. The molecule has 34 heavy (non-hydrogen) atoms. The van der Waals surface area contributed by atoms with E-state index >= 15 is 0 Å². The van der Waals surface area contributed by atoms with E-state index in [1.807, 2.05) is 0 Å². The molecule has 3 aromatic carbocycles. The van der Waals surface area contributed by atoms with Gasteiger partial charge in [0.15, 0.2) is 9.84 Å². The first kappa shape index (κ1) is 24.8. The summed E-state index contributed by atoms with van der Waals surface area (Å²) in [5.41, 5.74) is 1.71. The Morgan fingerprint density at radius 1 is 0.794 bits per heavy atom. The molecule has 10 heteroatoms. The number of ketones is 1. The van der Waals surface area contributed by atoms with Gasteiger partial charge in [-0.25, -0.2) is 8.42 Å².